The maximum Gasteiger partial charge on any atom is 0.252 e. The summed E-state index contributed by atoms with van der Waals surface area (Å²) in [5.74, 6) is 0.0957. The van der Waals surface area contributed by atoms with Crippen molar-refractivity contribution in [2.24, 2.45) is 0 Å². The largest absolute Gasteiger partial charge is 0.342 e. The summed E-state index contributed by atoms with van der Waals surface area (Å²) in [7, 11) is -1.44. The molecule has 6 nitrogen and oxygen atoms in total. The Bertz CT molecular complexity index is 694. The molecule has 0 atom stereocenters. The minimum atomic E-state index is -3.39. The van der Waals surface area contributed by atoms with E-state index in [4.69, 9.17) is 0 Å². The van der Waals surface area contributed by atoms with Crippen LogP contribution in [0, 0.1) is 0 Å². The Morgan fingerprint density at radius 2 is 1.81 bits per heavy atom. The number of rotatable bonds is 5. The van der Waals surface area contributed by atoms with Crippen LogP contribution in [0.3, 0.4) is 0 Å². The predicted molar refractivity (Wildman–Crippen MR) is 107 cm³/mol. The average Bonchev–Trinajstić information content (AvgIpc) is 3.12. The van der Waals surface area contributed by atoms with E-state index in [-0.39, 0.29) is 18.3 Å². The Balaban J connectivity index is 0.00000243. The Morgan fingerprint density at radius 1 is 1.15 bits per heavy atom. The normalized spacial score (nSPS) is 20.0. The fourth-order valence-electron chi connectivity index (χ4n) is 3.50. The summed E-state index contributed by atoms with van der Waals surface area (Å²) in [5, 5.41) is 3.26. The van der Waals surface area contributed by atoms with E-state index in [1.807, 2.05) is 11.9 Å². The van der Waals surface area contributed by atoms with Gasteiger partial charge in [0.15, 0.2) is 0 Å². The van der Waals surface area contributed by atoms with Crippen LogP contribution in [0.1, 0.15) is 37.0 Å². The number of carbonyl (C=O) groups is 1. The maximum atomic E-state index is 12.7. The molecule has 1 amide bonds. The zero-order chi connectivity index (χ0) is 17.9. The molecule has 1 aromatic rings. The van der Waals surface area contributed by atoms with E-state index < -0.39 is 10.0 Å². The number of hydrogen-bond donors (Lipinski definition) is 1. The van der Waals surface area contributed by atoms with Crippen molar-refractivity contribution in [2.45, 2.75) is 48.8 Å². The monoisotopic (exact) mass is 421 g/mol. The molecule has 2 aliphatic heterocycles. The van der Waals surface area contributed by atoms with Crippen LogP contribution in [0.4, 0.5) is 0 Å². The lowest BCUT2D eigenvalue weighted by molar-refractivity contribution is -0.131. The van der Waals surface area contributed by atoms with Crippen molar-refractivity contribution in [2.75, 3.05) is 33.2 Å². The lowest BCUT2D eigenvalue weighted by atomic mass is 10.1. The highest BCUT2D eigenvalue weighted by Crippen LogP contribution is 2.27. The first-order valence-corrected chi connectivity index (χ1v) is 11.3. The Morgan fingerprint density at radius 3 is 2.42 bits per heavy atom. The summed E-state index contributed by atoms with van der Waals surface area (Å²) in [5.41, 5.74) is 0. The maximum absolute atomic E-state index is 12.7. The SMILES string of the molecule is CNC1CCN(C(=O)Cc2ccc(S(=O)(=O)N3CCCCC3)s2)CC1.Cl. The Hall–Kier alpha value is -0.670. The molecule has 0 saturated carbocycles. The number of nitrogens with one attached hydrogen (secondary N) is 1. The third-order valence-corrected chi connectivity index (χ3v) is 8.58. The second kappa shape index (κ2) is 9.50. The number of sulfonamides is 1. The molecule has 3 rings (SSSR count). The van der Waals surface area contributed by atoms with E-state index in [0.717, 1.165) is 50.1 Å². The van der Waals surface area contributed by atoms with Gasteiger partial charge in [0.05, 0.1) is 6.42 Å². The summed E-state index contributed by atoms with van der Waals surface area (Å²) in [6, 6.07) is 3.94. The smallest absolute Gasteiger partial charge is 0.252 e. The van der Waals surface area contributed by atoms with Gasteiger partial charge in [-0.05, 0) is 44.9 Å². The van der Waals surface area contributed by atoms with E-state index in [0.29, 0.717) is 29.8 Å². The van der Waals surface area contributed by atoms with Crippen molar-refractivity contribution >= 4 is 39.7 Å². The molecule has 26 heavy (non-hydrogen) atoms. The topological polar surface area (TPSA) is 69.7 Å². The summed E-state index contributed by atoms with van der Waals surface area (Å²) < 4.78 is 27.3. The van der Waals surface area contributed by atoms with Crippen molar-refractivity contribution in [3.63, 3.8) is 0 Å². The van der Waals surface area contributed by atoms with Gasteiger partial charge in [-0.15, -0.1) is 23.7 Å². The van der Waals surface area contributed by atoms with Gasteiger partial charge in [-0.1, -0.05) is 6.42 Å². The summed E-state index contributed by atoms with van der Waals surface area (Å²) in [6.07, 6.45) is 5.20. The molecule has 3 heterocycles. The molecule has 0 bridgehead atoms. The molecule has 0 unspecified atom stereocenters. The zero-order valence-electron chi connectivity index (χ0n) is 15.1. The van der Waals surface area contributed by atoms with Gasteiger partial charge in [0.2, 0.25) is 5.91 Å². The van der Waals surface area contributed by atoms with Crippen LogP contribution in [0.15, 0.2) is 16.3 Å². The minimum absolute atomic E-state index is 0. The first-order chi connectivity index (χ1) is 12.0. The number of nitrogens with zero attached hydrogens (tertiary/aromatic N) is 2. The molecule has 2 aliphatic rings. The second-order valence-corrected chi connectivity index (χ2v) is 10.1. The van der Waals surface area contributed by atoms with Gasteiger partial charge in [0.25, 0.3) is 10.0 Å². The number of thiophene rings is 1. The van der Waals surface area contributed by atoms with E-state index >= 15 is 0 Å². The number of halogens is 1. The molecule has 0 aliphatic carbocycles. The van der Waals surface area contributed by atoms with Gasteiger partial charge in [-0.25, -0.2) is 8.42 Å². The van der Waals surface area contributed by atoms with Gasteiger partial charge >= 0.3 is 0 Å². The Labute approximate surface area is 166 Å². The van der Waals surface area contributed by atoms with Gasteiger partial charge in [0, 0.05) is 37.1 Å². The number of piperidine rings is 2. The predicted octanol–water partition coefficient (Wildman–Crippen LogP) is 2.10. The molecule has 148 valence electrons. The molecule has 1 aromatic heterocycles. The number of likely N-dealkylation sites (tertiary alicyclic amines) is 1. The number of amides is 1. The molecule has 2 fully saturated rings. The highest BCUT2D eigenvalue weighted by atomic mass is 35.5. The summed E-state index contributed by atoms with van der Waals surface area (Å²) in [6.45, 7) is 2.76. The van der Waals surface area contributed by atoms with Gasteiger partial charge in [0.1, 0.15) is 4.21 Å². The molecule has 2 saturated heterocycles. The molecule has 9 heteroatoms. The zero-order valence-corrected chi connectivity index (χ0v) is 17.6. The van der Waals surface area contributed by atoms with Gasteiger partial charge < -0.3 is 10.2 Å². The third kappa shape index (κ3) is 4.98. The molecule has 0 aromatic carbocycles. The highest BCUT2D eigenvalue weighted by Gasteiger charge is 2.28. The van der Waals surface area contributed by atoms with E-state index in [2.05, 4.69) is 5.32 Å². The quantitative estimate of drug-likeness (QED) is 0.790. The van der Waals surface area contributed by atoms with Crippen molar-refractivity contribution in [1.29, 1.82) is 0 Å². The van der Waals surface area contributed by atoms with Crippen LogP contribution in [-0.2, 0) is 21.2 Å². The van der Waals surface area contributed by atoms with Crippen LogP contribution in [0.25, 0.3) is 0 Å². The van der Waals surface area contributed by atoms with Crippen LogP contribution in [0.2, 0.25) is 0 Å². The van der Waals surface area contributed by atoms with Gasteiger partial charge in [-0.3, -0.25) is 4.79 Å². The summed E-state index contributed by atoms with van der Waals surface area (Å²) in [4.78, 5) is 15.2. The van der Waals surface area contributed by atoms with Gasteiger partial charge in [-0.2, -0.15) is 4.31 Å². The van der Waals surface area contributed by atoms with Crippen molar-refractivity contribution in [3.8, 4) is 0 Å². The summed E-state index contributed by atoms with van der Waals surface area (Å²) >= 11 is 1.24. The average molecular weight is 422 g/mol. The minimum Gasteiger partial charge on any atom is -0.342 e. The number of carbonyl (C=O) groups excluding carboxylic acids is 1. The van der Waals surface area contributed by atoms with Crippen LogP contribution >= 0.6 is 23.7 Å². The van der Waals surface area contributed by atoms with E-state index in [1.54, 1.807) is 16.4 Å². The lowest BCUT2D eigenvalue weighted by Crippen LogP contribution is -2.44. The molecule has 0 radical (unpaired) electrons. The molecular formula is C17H28ClN3O3S2. The van der Waals surface area contributed by atoms with E-state index in [9.17, 15) is 13.2 Å². The molecule has 0 spiro atoms. The van der Waals surface area contributed by atoms with Crippen molar-refractivity contribution < 1.29 is 13.2 Å². The number of hydrogen-bond acceptors (Lipinski definition) is 5. The van der Waals surface area contributed by atoms with Crippen LogP contribution < -0.4 is 5.32 Å². The molecule has 1 N–H and O–H groups in total. The third-order valence-electron chi connectivity index (χ3n) is 5.13. The first-order valence-electron chi connectivity index (χ1n) is 9.04. The standard InChI is InChI=1S/C17H27N3O3S2.ClH/c1-18-14-7-11-19(12-8-14)16(21)13-15-5-6-17(24-15)25(22,23)20-9-3-2-4-10-20;/h5-6,14,18H,2-4,7-13H2,1H3;1H. The lowest BCUT2D eigenvalue weighted by Gasteiger charge is -2.31. The second-order valence-electron chi connectivity index (χ2n) is 6.81. The van der Waals surface area contributed by atoms with Crippen molar-refractivity contribution in [3.05, 3.63) is 17.0 Å². The van der Waals surface area contributed by atoms with E-state index in [1.165, 1.54) is 11.3 Å². The van der Waals surface area contributed by atoms with Crippen molar-refractivity contribution in [1.82, 2.24) is 14.5 Å². The Kier molecular flexibility index (Phi) is 7.90. The fraction of sp³-hybridized carbons (Fsp3) is 0.706. The van der Waals surface area contributed by atoms with Crippen LogP contribution in [0.5, 0.6) is 0 Å². The first kappa shape index (κ1) is 21.6. The highest BCUT2D eigenvalue weighted by molar-refractivity contribution is 7.91. The van der Waals surface area contributed by atoms with Crippen LogP contribution in [-0.4, -0.2) is 62.8 Å². The fourth-order valence-corrected chi connectivity index (χ4v) is 6.52. The molecular weight excluding hydrogens is 394 g/mol.